The molecule has 0 N–H and O–H groups in total. The van der Waals surface area contributed by atoms with Gasteiger partial charge in [0.25, 0.3) is 0 Å². The molecule has 0 aliphatic rings. The van der Waals surface area contributed by atoms with Gasteiger partial charge in [-0.1, -0.05) is 0 Å². The fourth-order valence-corrected chi connectivity index (χ4v) is 0. The summed E-state index contributed by atoms with van der Waals surface area (Å²) in [5.74, 6) is 0. The maximum Gasteiger partial charge on any atom is 0 e. The van der Waals surface area contributed by atoms with Crippen molar-refractivity contribution in [2.45, 2.75) is 0 Å². The third-order valence-corrected chi connectivity index (χ3v) is 0. The van der Waals surface area contributed by atoms with E-state index in [1.165, 1.54) is 0 Å². The quantitative estimate of drug-likeness (QED) is 0.270. The molecule has 0 rings (SSSR count). The van der Waals surface area contributed by atoms with Gasteiger partial charge in [-0.15, -0.1) is 0 Å². The van der Waals surface area contributed by atoms with Gasteiger partial charge < -0.3 is 65.7 Å². The van der Waals surface area contributed by atoms with Crippen molar-refractivity contribution < 1.29 is 194 Å². The van der Waals surface area contributed by atoms with Crippen molar-refractivity contribution in [2.75, 3.05) is 0 Å². The average molecular weight is 921 g/mol. The maximum absolute atomic E-state index is 0. The van der Waals surface area contributed by atoms with Crippen LogP contribution in [0.25, 0.3) is 0 Å². The summed E-state index contributed by atoms with van der Waals surface area (Å²) in [7, 11) is 0. The van der Waals surface area contributed by atoms with Crippen LogP contribution in [-0.4, -0.2) is 0 Å². The molecule has 0 aromatic heterocycles. The first kappa shape index (κ1) is 566. The van der Waals surface area contributed by atoms with Crippen molar-refractivity contribution in [3.63, 3.8) is 0 Å². The average Bonchev–Trinajstić information content (AvgIpc) is 0. The van der Waals surface area contributed by atoms with Gasteiger partial charge >= 0.3 is 0 Å². The minimum atomic E-state index is 0. The van der Waals surface area contributed by atoms with Gasteiger partial charge in [0.15, 0.2) is 0 Å². The molecule has 0 saturated carbocycles. The van der Waals surface area contributed by atoms with E-state index in [1.807, 2.05) is 0 Å². The van der Waals surface area contributed by atoms with Crippen molar-refractivity contribution in [1.29, 1.82) is 0 Å². The molecule has 120 valence electrons. The standard InChI is InChI=1S/12O.3W.2Y/q12*-2;;;;;. The first-order valence-electron chi connectivity index (χ1n) is 0. The largest absolute Gasteiger partial charge is 2.00 e. The van der Waals surface area contributed by atoms with Crippen LogP contribution >= 0.6 is 0 Å². The third-order valence-electron chi connectivity index (χ3n) is 0. The SMILES string of the molecule is [O-2].[O-2].[O-2].[O-2].[O-2].[O-2].[O-2].[O-2].[O-2].[O-2].[O-2].[O-2].[W].[W].[W].[Y].[Y]. The Morgan fingerprint density at radius 1 is 0.176 bits per heavy atom. The molecule has 0 aliphatic heterocycles. The molecule has 0 spiro atoms. The predicted molar refractivity (Wildman–Crippen MR) is 8.24 cm³/mol. The van der Waals surface area contributed by atoms with Gasteiger partial charge in [0.05, 0.1) is 0 Å². The van der Waals surface area contributed by atoms with Crippen molar-refractivity contribution in [3.05, 3.63) is 0 Å². The van der Waals surface area contributed by atoms with Crippen LogP contribution in [0.4, 0.5) is 0 Å². The summed E-state index contributed by atoms with van der Waals surface area (Å²) in [5.41, 5.74) is 0. The molecule has 0 amide bonds. The van der Waals surface area contributed by atoms with Gasteiger partial charge in [-0.05, 0) is 0 Å². The zero-order chi connectivity index (χ0) is 0. The third kappa shape index (κ3) is 436. The normalized spacial score (nSPS) is 0. The summed E-state index contributed by atoms with van der Waals surface area (Å²) < 4.78 is 0. The Labute approximate surface area is 191 Å². The van der Waals surface area contributed by atoms with Gasteiger partial charge in [0.1, 0.15) is 0 Å². The smallest absolute Gasteiger partial charge is 0 e. The Kier molecular flexibility index (Phi) is 16200. The number of hydrogen-bond donors (Lipinski definition) is 0. The van der Waals surface area contributed by atoms with E-state index in [1.54, 1.807) is 0 Å². The molecule has 0 saturated heterocycles. The first-order valence-corrected chi connectivity index (χ1v) is 0. The molecule has 2 radical (unpaired) electrons. The number of hydrogen-bond acceptors (Lipinski definition) is 0. The van der Waals surface area contributed by atoms with Crippen molar-refractivity contribution in [2.24, 2.45) is 0 Å². The van der Waals surface area contributed by atoms with Gasteiger partial charge in [-0.3, -0.25) is 0 Å². The number of rotatable bonds is 0. The van der Waals surface area contributed by atoms with Crippen molar-refractivity contribution in [1.82, 2.24) is 0 Å². The summed E-state index contributed by atoms with van der Waals surface area (Å²) in [5, 5.41) is 0. The zero-order valence-corrected chi connectivity index (χ0v) is 21.8. The van der Waals surface area contributed by atoms with Crippen LogP contribution in [0.5, 0.6) is 0 Å². The second-order valence-corrected chi connectivity index (χ2v) is 0. The maximum atomic E-state index is 0. The summed E-state index contributed by atoms with van der Waals surface area (Å²) in [4.78, 5) is 0. The molecule has 0 fully saturated rings. The summed E-state index contributed by atoms with van der Waals surface area (Å²) in [6, 6.07) is 0. The Hall–Kier alpha value is 3.79. The molecule has 0 bridgehead atoms. The van der Waals surface area contributed by atoms with Crippen LogP contribution in [0.15, 0.2) is 0 Å². The van der Waals surface area contributed by atoms with E-state index in [0.29, 0.717) is 0 Å². The minimum absolute atomic E-state index is 0. The second kappa shape index (κ2) is 486. The first-order chi connectivity index (χ1) is 0. The van der Waals surface area contributed by atoms with Gasteiger partial charge in [-0.25, -0.2) is 0 Å². The van der Waals surface area contributed by atoms with Crippen LogP contribution in [0.1, 0.15) is 0 Å². The topological polar surface area (TPSA) is 342 Å². The molecule has 17 heavy (non-hydrogen) atoms. The van der Waals surface area contributed by atoms with E-state index >= 15 is 0 Å². The molecular formula is O12W3Y2-24. The van der Waals surface area contributed by atoms with Gasteiger partial charge in [0, 0.05) is 129 Å². The molecule has 17 heteroatoms. The Bertz CT molecular complexity index is 19.7. The van der Waals surface area contributed by atoms with E-state index in [0.717, 1.165) is 0 Å². The van der Waals surface area contributed by atoms with Crippen LogP contribution < -0.4 is 0 Å². The molecule has 0 aromatic carbocycles. The summed E-state index contributed by atoms with van der Waals surface area (Å²) in [6.45, 7) is 0. The van der Waals surface area contributed by atoms with E-state index < -0.39 is 0 Å². The molecule has 12 nitrogen and oxygen atoms in total. The van der Waals surface area contributed by atoms with E-state index in [-0.39, 0.29) is 194 Å². The second-order valence-electron chi connectivity index (χ2n) is 0. The minimum Gasteiger partial charge on any atom is -2.00 e. The fourth-order valence-electron chi connectivity index (χ4n) is 0. The summed E-state index contributed by atoms with van der Waals surface area (Å²) >= 11 is 0. The Balaban J connectivity index is 0. The van der Waals surface area contributed by atoms with Crippen molar-refractivity contribution >= 4 is 0 Å². The summed E-state index contributed by atoms with van der Waals surface area (Å²) in [6.07, 6.45) is 0. The zero-order valence-electron chi connectivity index (χ0n) is 7.28. The van der Waals surface area contributed by atoms with Crippen molar-refractivity contribution in [3.8, 4) is 0 Å². The van der Waals surface area contributed by atoms with E-state index in [4.69, 9.17) is 0 Å². The van der Waals surface area contributed by atoms with Crippen LogP contribution in [0.2, 0.25) is 0 Å². The molecule has 0 heterocycles. The van der Waals surface area contributed by atoms with Gasteiger partial charge in [0.2, 0.25) is 0 Å². The van der Waals surface area contributed by atoms with Crippen LogP contribution in [0, 0.1) is 0 Å². The van der Waals surface area contributed by atoms with Gasteiger partial charge in [-0.2, -0.15) is 0 Å². The molecule has 0 aromatic rings. The van der Waals surface area contributed by atoms with E-state index in [9.17, 15) is 0 Å². The fraction of sp³-hybridized carbons (Fsp3) is 0. The molecular weight excluding hydrogens is 921 g/mol. The van der Waals surface area contributed by atoms with Crippen LogP contribution in [0.3, 0.4) is 0 Å². The molecule has 0 unspecified atom stereocenters. The Morgan fingerprint density at radius 3 is 0.176 bits per heavy atom. The Morgan fingerprint density at radius 2 is 0.176 bits per heavy atom. The molecule has 0 atom stereocenters. The monoisotopic (exact) mass is 922 g/mol. The van der Waals surface area contributed by atoms with Crippen LogP contribution in [-0.2, 0) is 194 Å². The predicted octanol–water partition coefficient (Wildman–Crippen LogP) is -1.44. The van der Waals surface area contributed by atoms with E-state index in [2.05, 4.69) is 0 Å². The molecule has 0 aliphatic carbocycles.